The summed E-state index contributed by atoms with van der Waals surface area (Å²) in [4.78, 5) is 4.28. The first kappa shape index (κ1) is 16.2. The summed E-state index contributed by atoms with van der Waals surface area (Å²) >= 11 is 1.28. The van der Waals surface area contributed by atoms with E-state index in [9.17, 15) is 13.9 Å². The standard InChI is InChI=1S/C16H14F2N4O2S/c17-10-2-1-3-11(18)15(10)12-8-25-14(19-12)7-22-6-13(20-21-22)16(23)4-5-24-9-16/h1-3,6,8,23H,4-5,7,9H2. The second-order valence-corrected chi connectivity index (χ2v) is 6.80. The van der Waals surface area contributed by atoms with E-state index in [1.165, 1.54) is 34.2 Å². The smallest absolute Gasteiger partial charge is 0.135 e. The van der Waals surface area contributed by atoms with E-state index < -0.39 is 17.2 Å². The van der Waals surface area contributed by atoms with Crippen molar-refractivity contribution in [3.63, 3.8) is 0 Å². The summed E-state index contributed by atoms with van der Waals surface area (Å²) < 4.78 is 34.4. The van der Waals surface area contributed by atoms with Gasteiger partial charge in [0.05, 0.1) is 30.6 Å². The van der Waals surface area contributed by atoms with Crippen molar-refractivity contribution in [3.8, 4) is 11.3 Å². The van der Waals surface area contributed by atoms with Crippen molar-refractivity contribution in [2.45, 2.75) is 18.6 Å². The lowest BCUT2D eigenvalue weighted by Crippen LogP contribution is -2.26. The van der Waals surface area contributed by atoms with Crippen molar-refractivity contribution in [1.82, 2.24) is 20.0 Å². The predicted octanol–water partition coefficient (Wildman–Crippen LogP) is 2.34. The molecule has 9 heteroatoms. The number of thiazole rings is 1. The normalized spacial score (nSPS) is 20.3. The molecular weight excluding hydrogens is 350 g/mol. The maximum atomic E-state index is 13.8. The van der Waals surface area contributed by atoms with Gasteiger partial charge in [0.15, 0.2) is 0 Å². The molecule has 0 aliphatic carbocycles. The number of benzene rings is 1. The molecular formula is C16H14F2N4O2S. The SMILES string of the molecule is OC1(c2cn(Cc3nc(-c4c(F)cccc4F)cs3)nn2)CCOC1. The van der Waals surface area contributed by atoms with E-state index in [1.54, 1.807) is 11.6 Å². The fourth-order valence-electron chi connectivity index (χ4n) is 2.72. The van der Waals surface area contributed by atoms with Crippen molar-refractivity contribution in [2.75, 3.05) is 13.2 Å². The van der Waals surface area contributed by atoms with Crippen molar-refractivity contribution < 1.29 is 18.6 Å². The third-order valence-corrected chi connectivity index (χ3v) is 4.92. The molecule has 0 amide bonds. The van der Waals surface area contributed by atoms with Gasteiger partial charge in [-0.15, -0.1) is 16.4 Å². The largest absolute Gasteiger partial charge is 0.381 e. The Hall–Kier alpha value is -2.23. The van der Waals surface area contributed by atoms with Crippen LogP contribution in [0.3, 0.4) is 0 Å². The van der Waals surface area contributed by atoms with Gasteiger partial charge in [0.2, 0.25) is 0 Å². The molecule has 1 aliphatic heterocycles. The molecule has 1 saturated heterocycles. The zero-order valence-corrected chi connectivity index (χ0v) is 13.8. The van der Waals surface area contributed by atoms with Crippen LogP contribution in [0.1, 0.15) is 17.1 Å². The molecule has 1 N–H and O–H groups in total. The second-order valence-electron chi connectivity index (χ2n) is 5.86. The fraction of sp³-hybridized carbons (Fsp3) is 0.312. The molecule has 6 nitrogen and oxygen atoms in total. The first-order valence-corrected chi connectivity index (χ1v) is 8.53. The molecule has 0 spiro atoms. The summed E-state index contributed by atoms with van der Waals surface area (Å²) in [5.74, 6) is -1.30. The Balaban J connectivity index is 1.55. The number of aliphatic hydroxyl groups is 1. The van der Waals surface area contributed by atoms with Crippen LogP contribution in [0.2, 0.25) is 0 Å². The number of halogens is 2. The molecule has 0 radical (unpaired) electrons. The van der Waals surface area contributed by atoms with Gasteiger partial charge in [-0.05, 0) is 12.1 Å². The van der Waals surface area contributed by atoms with Crippen LogP contribution in [0.15, 0.2) is 29.8 Å². The highest BCUT2D eigenvalue weighted by Gasteiger charge is 2.37. The van der Waals surface area contributed by atoms with Crippen molar-refractivity contribution in [2.24, 2.45) is 0 Å². The zero-order chi connectivity index (χ0) is 17.4. The van der Waals surface area contributed by atoms with Gasteiger partial charge in [-0.1, -0.05) is 11.3 Å². The number of aromatic nitrogens is 4. The number of hydrogen-bond acceptors (Lipinski definition) is 6. The van der Waals surface area contributed by atoms with Crippen molar-refractivity contribution in [1.29, 1.82) is 0 Å². The Morgan fingerprint density at radius 2 is 2.12 bits per heavy atom. The predicted molar refractivity (Wildman–Crippen MR) is 85.9 cm³/mol. The molecule has 1 aliphatic rings. The van der Waals surface area contributed by atoms with Crippen LogP contribution in [0.4, 0.5) is 8.78 Å². The van der Waals surface area contributed by atoms with Gasteiger partial charge in [-0.25, -0.2) is 18.4 Å². The number of rotatable bonds is 4. The number of nitrogens with zero attached hydrogens (tertiary/aromatic N) is 4. The molecule has 130 valence electrons. The minimum Gasteiger partial charge on any atom is -0.381 e. The zero-order valence-electron chi connectivity index (χ0n) is 13.0. The summed E-state index contributed by atoms with van der Waals surface area (Å²) in [7, 11) is 0. The van der Waals surface area contributed by atoms with Gasteiger partial charge in [-0.2, -0.15) is 0 Å². The minimum absolute atomic E-state index is 0.137. The van der Waals surface area contributed by atoms with Crippen molar-refractivity contribution >= 4 is 11.3 Å². The molecule has 1 aromatic carbocycles. The third-order valence-electron chi connectivity index (χ3n) is 4.08. The van der Waals surface area contributed by atoms with E-state index in [1.807, 2.05) is 0 Å². The lowest BCUT2D eigenvalue weighted by atomic mass is 10.0. The molecule has 4 rings (SSSR count). The van der Waals surface area contributed by atoms with Crippen molar-refractivity contribution in [3.05, 3.63) is 52.1 Å². The number of hydrogen-bond donors (Lipinski definition) is 1. The van der Waals surface area contributed by atoms with Crippen LogP contribution in [0.5, 0.6) is 0 Å². The first-order chi connectivity index (χ1) is 12.0. The molecule has 1 fully saturated rings. The Morgan fingerprint density at radius 3 is 2.84 bits per heavy atom. The van der Waals surface area contributed by atoms with Gasteiger partial charge in [0.25, 0.3) is 0 Å². The lowest BCUT2D eigenvalue weighted by molar-refractivity contribution is 0.0193. The lowest BCUT2D eigenvalue weighted by Gasteiger charge is -2.15. The Bertz CT molecular complexity index is 885. The van der Waals surface area contributed by atoms with Gasteiger partial charge in [0, 0.05) is 18.4 Å². The maximum absolute atomic E-state index is 13.8. The number of ether oxygens (including phenoxy) is 1. The van der Waals surface area contributed by atoms with E-state index in [2.05, 4.69) is 15.3 Å². The van der Waals surface area contributed by atoms with Gasteiger partial charge in [-0.3, -0.25) is 0 Å². The molecule has 1 unspecified atom stereocenters. The average Bonchev–Trinajstić information content (AvgIpc) is 3.30. The van der Waals surface area contributed by atoms with Crippen LogP contribution in [0.25, 0.3) is 11.3 Å². The quantitative estimate of drug-likeness (QED) is 0.769. The highest BCUT2D eigenvalue weighted by molar-refractivity contribution is 7.09. The molecule has 3 aromatic rings. The monoisotopic (exact) mass is 364 g/mol. The fourth-order valence-corrected chi connectivity index (χ4v) is 3.50. The van der Waals surface area contributed by atoms with Gasteiger partial charge >= 0.3 is 0 Å². The van der Waals surface area contributed by atoms with Crippen LogP contribution in [-0.4, -0.2) is 38.3 Å². The summed E-state index contributed by atoms with van der Waals surface area (Å²) in [5.41, 5.74) is -0.551. The van der Waals surface area contributed by atoms with E-state index in [-0.39, 0.29) is 17.9 Å². The highest BCUT2D eigenvalue weighted by Crippen LogP contribution is 2.29. The van der Waals surface area contributed by atoms with Crippen LogP contribution in [-0.2, 0) is 16.9 Å². The summed E-state index contributed by atoms with van der Waals surface area (Å²) in [6.07, 6.45) is 2.11. The van der Waals surface area contributed by atoms with E-state index in [4.69, 9.17) is 4.74 Å². The van der Waals surface area contributed by atoms with Gasteiger partial charge in [0.1, 0.15) is 27.9 Å². The van der Waals surface area contributed by atoms with Crippen LogP contribution >= 0.6 is 11.3 Å². The van der Waals surface area contributed by atoms with Crippen LogP contribution in [0, 0.1) is 11.6 Å². The Kier molecular flexibility index (Phi) is 4.06. The van der Waals surface area contributed by atoms with E-state index in [0.29, 0.717) is 30.3 Å². The first-order valence-electron chi connectivity index (χ1n) is 7.65. The minimum atomic E-state index is -1.11. The summed E-state index contributed by atoms with van der Waals surface area (Å²) in [6, 6.07) is 3.72. The van der Waals surface area contributed by atoms with E-state index in [0.717, 1.165) is 0 Å². The maximum Gasteiger partial charge on any atom is 0.135 e. The molecule has 0 bridgehead atoms. The Morgan fingerprint density at radius 1 is 1.32 bits per heavy atom. The summed E-state index contributed by atoms with van der Waals surface area (Å²) in [5, 5.41) is 20.6. The Labute approximate surface area is 145 Å². The molecule has 25 heavy (non-hydrogen) atoms. The highest BCUT2D eigenvalue weighted by atomic mass is 32.1. The third kappa shape index (κ3) is 3.06. The average molecular weight is 364 g/mol. The van der Waals surface area contributed by atoms with E-state index >= 15 is 0 Å². The molecule has 0 saturated carbocycles. The molecule has 2 aromatic heterocycles. The topological polar surface area (TPSA) is 73.1 Å². The van der Waals surface area contributed by atoms with Crippen LogP contribution < -0.4 is 0 Å². The second kappa shape index (κ2) is 6.25. The summed E-state index contributed by atoms with van der Waals surface area (Å²) in [6.45, 7) is 0.970. The van der Waals surface area contributed by atoms with Gasteiger partial charge < -0.3 is 9.84 Å². The molecule has 3 heterocycles. The molecule has 1 atom stereocenters.